The van der Waals surface area contributed by atoms with Gasteiger partial charge in [-0.1, -0.05) is 93.5 Å². The quantitative estimate of drug-likeness (QED) is 0.0688. The molecule has 2 rings (SSSR count). The van der Waals surface area contributed by atoms with Crippen molar-refractivity contribution in [2.45, 2.75) is 122 Å². The Labute approximate surface area is 258 Å². The standard InChI is InChI=1S/C37H52O6/c1-42-36(40)20-14-12-18-34(38)32-26-22-30(23-27-32)16-10-8-6-4-3-5-7-9-11-17-31-24-28-33(29-25-31)35(39)19-13-15-21-37(41)43-2/h22-29H,3-21H2,1-2H3. The van der Waals surface area contributed by atoms with E-state index in [0.717, 1.165) is 24.0 Å². The van der Waals surface area contributed by atoms with Gasteiger partial charge in [-0.25, -0.2) is 0 Å². The van der Waals surface area contributed by atoms with Gasteiger partial charge in [-0.05, 0) is 62.5 Å². The first kappa shape index (κ1) is 35.9. The van der Waals surface area contributed by atoms with Crippen LogP contribution in [-0.4, -0.2) is 37.7 Å². The highest BCUT2D eigenvalue weighted by Gasteiger charge is 2.08. The van der Waals surface area contributed by atoms with E-state index in [0.29, 0.717) is 51.4 Å². The second kappa shape index (κ2) is 22.3. The van der Waals surface area contributed by atoms with Crippen LogP contribution in [-0.2, 0) is 31.9 Å². The summed E-state index contributed by atoms with van der Waals surface area (Å²) in [5.74, 6) is -0.162. The van der Waals surface area contributed by atoms with Crippen LogP contribution < -0.4 is 0 Å². The fourth-order valence-corrected chi connectivity index (χ4v) is 5.21. The maximum Gasteiger partial charge on any atom is 0.305 e. The lowest BCUT2D eigenvalue weighted by Gasteiger charge is -2.06. The Morgan fingerprint density at radius 3 is 1.05 bits per heavy atom. The molecule has 43 heavy (non-hydrogen) atoms. The Kier molecular flexibility index (Phi) is 18.6. The minimum absolute atomic E-state index is 0.140. The molecule has 0 bridgehead atoms. The zero-order chi connectivity index (χ0) is 31.1. The molecular formula is C37H52O6. The fraction of sp³-hybridized carbons (Fsp3) is 0.568. The molecule has 0 fully saturated rings. The molecule has 0 aliphatic carbocycles. The van der Waals surface area contributed by atoms with Crippen LogP contribution >= 0.6 is 0 Å². The van der Waals surface area contributed by atoms with E-state index < -0.39 is 0 Å². The third-order valence-electron chi connectivity index (χ3n) is 8.01. The minimum Gasteiger partial charge on any atom is -0.469 e. The van der Waals surface area contributed by atoms with E-state index in [1.54, 1.807) is 0 Å². The van der Waals surface area contributed by atoms with Gasteiger partial charge in [-0.2, -0.15) is 0 Å². The number of hydrogen-bond acceptors (Lipinski definition) is 6. The number of rotatable bonds is 24. The highest BCUT2D eigenvalue weighted by Crippen LogP contribution is 2.16. The Morgan fingerprint density at radius 2 is 0.721 bits per heavy atom. The average molecular weight is 593 g/mol. The minimum atomic E-state index is -0.220. The van der Waals surface area contributed by atoms with Crippen molar-refractivity contribution in [3.63, 3.8) is 0 Å². The van der Waals surface area contributed by atoms with Crippen molar-refractivity contribution in [1.29, 1.82) is 0 Å². The van der Waals surface area contributed by atoms with Crippen LogP contribution in [0.25, 0.3) is 0 Å². The van der Waals surface area contributed by atoms with Gasteiger partial charge in [0.1, 0.15) is 0 Å². The van der Waals surface area contributed by atoms with E-state index in [9.17, 15) is 19.2 Å². The normalized spacial score (nSPS) is 10.8. The number of aryl methyl sites for hydroxylation is 2. The molecule has 2 aromatic rings. The van der Waals surface area contributed by atoms with E-state index in [1.807, 2.05) is 24.3 Å². The Balaban J connectivity index is 1.44. The van der Waals surface area contributed by atoms with Crippen LogP contribution in [0.1, 0.15) is 141 Å². The maximum absolute atomic E-state index is 12.3. The maximum atomic E-state index is 12.3. The molecule has 0 N–H and O–H groups in total. The highest BCUT2D eigenvalue weighted by molar-refractivity contribution is 5.96. The highest BCUT2D eigenvalue weighted by atomic mass is 16.5. The predicted octanol–water partition coefficient (Wildman–Crippen LogP) is 8.81. The summed E-state index contributed by atoms with van der Waals surface area (Å²) in [7, 11) is 2.77. The first-order valence-electron chi connectivity index (χ1n) is 16.3. The third-order valence-corrected chi connectivity index (χ3v) is 8.01. The molecule has 0 amide bonds. The van der Waals surface area contributed by atoms with Gasteiger partial charge in [0, 0.05) is 36.8 Å². The molecule has 0 unspecified atom stereocenters. The van der Waals surface area contributed by atoms with Gasteiger partial charge >= 0.3 is 11.9 Å². The Morgan fingerprint density at radius 1 is 0.419 bits per heavy atom. The third kappa shape index (κ3) is 16.2. The van der Waals surface area contributed by atoms with Crippen molar-refractivity contribution in [3.05, 3.63) is 70.8 Å². The smallest absolute Gasteiger partial charge is 0.305 e. The molecule has 0 saturated heterocycles. The van der Waals surface area contributed by atoms with E-state index in [1.165, 1.54) is 83.1 Å². The second-order valence-corrected chi connectivity index (χ2v) is 11.5. The zero-order valence-corrected chi connectivity index (χ0v) is 26.5. The number of carbonyl (C=O) groups is 4. The summed E-state index contributed by atoms with van der Waals surface area (Å²) >= 11 is 0. The second-order valence-electron chi connectivity index (χ2n) is 11.5. The fourth-order valence-electron chi connectivity index (χ4n) is 5.21. The van der Waals surface area contributed by atoms with Crippen LogP contribution in [0, 0.1) is 0 Å². The lowest BCUT2D eigenvalue weighted by Crippen LogP contribution is -2.02. The number of unbranched alkanes of at least 4 members (excludes halogenated alkanes) is 10. The first-order chi connectivity index (χ1) is 20.9. The molecule has 0 atom stereocenters. The molecule has 0 aliphatic rings. The van der Waals surface area contributed by atoms with Gasteiger partial charge in [-0.3, -0.25) is 19.2 Å². The summed E-state index contributed by atoms with van der Waals surface area (Å²) in [6, 6.07) is 16.1. The Bertz CT molecular complexity index is 1000. The summed E-state index contributed by atoms with van der Waals surface area (Å²) in [6.45, 7) is 0. The number of Topliss-reactive ketones (excluding diaryl/α,β-unsaturated/α-hetero) is 2. The lowest BCUT2D eigenvalue weighted by atomic mass is 9.99. The number of ketones is 2. The molecule has 2 aromatic carbocycles. The molecule has 236 valence electrons. The number of ether oxygens (including phenoxy) is 2. The molecule has 0 aromatic heterocycles. The van der Waals surface area contributed by atoms with Crippen LogP contribution in [0.2, 0.25) is 0 Å². The summed E-state index contributed by atoms with van der Waals surface area (Å²) in [5.41, 5.74) is 4.09. The van der Waals surface area contributed by atoms with Crippen molar-refractivity contribution >= 4 is 23.5 Å². The molecule has 0 aliphatic heterocycles. The van der Waals surface area contributed by atoms with Gasteiger partial charge in [0.15, 0.2) is 11.6 Å². The predicted molar refractivity (Wildman–Crippen MR) is 171 cm³/mol. The SMILES string of the molecule is COC(=O)CCCCC(=O)c1ccc(CCCCCCCCCCCc2ccc(C(=O)CCCCC(=O)OC)cc2)cc1. The molecule has 6 heteroatoms. The number of carbonyl (C=O) groups excluding carboxylic acids is 4. The first-order valence-corrected chi connectivity index (χ1v) is 16.3. The monoisotopic (exact) mass is 592 g/mol. The van der Waals surface area contributed by atoms with Crippen molar-refractivity contribution in [2.75, 3.05) is 14.2 Å². The topological polar surface area (TPSA) is 86.7 Å². The van der Waals surface area contributed by atoms with Crippen molar-refractivity contribution in [3.8, 4) is 0 Å². The van der Waals surface area contributed by atoms with E-state index >= 15 is 0 Å². The van der Waals surface area contributed by atoms with Crippen LogP contribution in [0.4, 0.5) is 0 Å². The molecule has 0 spiro atoms. The summed E-state index contributed by atoms with van der Waals surface area (Å²) < 4.78 is 9.26. The zero-order valence-electron chi connectivity index (χ0n) is 26.5. The molecule has 0 radical (unpaired) electrons. The summed E-state index contributed by atoms with van der Waals surface area (Å²) in [5, 5.41) is 0. The van der Waals surface area contributed by atoms with Crippen molar-refractivity contribution < 1.29 is 28.7 Å². The van der Waals surface area contributed by atoms with Crippen molar-refractivity contribution in [1.82, 2.24) is 0 Å². The molecule has 0 heterocycles. The van der Waals surface area contributed by atoms with Gasteiger partial charge in [0.05, 0.1) is 14.2 Å². The average Bonchev–Trinajstić information content (AvgIpc) is 3.03. The van der Waals surface area contributed by atoms with Gasteiger partial charge in [0.2, 0.25) is 0 Å². The van der Waals surface area contributed by atoms with E-state index in [2.05, 4.69) is 33.7 Å². The number of methoxy groups -OCH3 is 2. The van der Waals surface area contributed by atoms with E-state index in [-0.39, 0.29) is 23.5 Å². The lowest BCUT2D eigenvalue weighted by molar-refractivity contribution is -0.141. The number of esters is 2. The summed E-state index contributed by atoms with van der Waals surface area (Å²) in [6.07, 6.45) is 17.9. The largest absolute Gasteiger partial charge is 0.469 e. The number of hydrogen-bond donors (Lipinski definition) is 0. The van der Waals surface area contributed by atoms with Gasteiger partial charge < -0.3 is 9.47 Å². The molecular weight excluding hydrogens is 540 g/mol. The number of benzene rings is 2. The van der Waals surface area contributed by atoms with Gasteiger partial charge in [-0.15, -0.1) is 0 Å². The van der Waals surface area contributed by atoms with E-state index in [4.69, 9.17) is 0 Å². The van der Waals surface area contributed by atoms with Crippen LogP contribution in [0.3, 0.4) is 0 Å². The summed E-state index contributed by atoms with van der Waals surface area (Å²) in [4.78, 5) is 47.0. The van der Waals surface area contributed by atoms with Crippen molar-refractivity contribution in [2.24, 2.45) is 0 Å². The van der Waals surface area contributed by atoms with Crippen LogP contribution in [0.5, 0.6) is 0 Å². The van der Waals surface area contributed by atoms with Gasteiger partial charge in [0.25, 0.3) is 0 Å². The molecule has 0 saturated carbocycles. The Hall–Kier alpha value is -3.28. The van der Waals surface area contributed by atoms with Crippen LogP contribution in [0.15, 0.2) is 48.5 Å². The molecule has 6 nitrogen and oxygen atoms in total.